The third-order valence-corrected chi connectivity index (χ3v) is 1.85. The third-order valence-electron chi connectivity index (χ3n) is 1.85. The molecule has 2 heteroatoms. The van der Waals surface area contributed by atoms with Crippen LogP contribution in [0.4, 0.5) is 0 Å². The van der Waals surface area contributed by atoms with Crippen molar-refractivity contribution in [1.82, 2.24) is 5.01 Å². The molecule has 0 atom stereocenters. The van der Waals surface area contributed by atoms with E-state index in [4.69, 9.17) is 5.84 Å². The van der Waals surface area contributed by atoms with Crippen LogP contribution in [0.2, 0.25) is 0 Å². The number of hydrazine groups is 1. The lowest BCUT2D eigenvalue weighted by Gasteiger charge is -2.16. The minimum atomic E-state index is 0.992. The van der Waals surface area contributed by atoms with Crippen molar-refractivity contribution in [3.8, 4) is 0 Å². The number of hydrogen-bond donors (Lipinski definition) is 1. The van der Waals surface area contributed by atoms with E-state index in [9.17, 15) is 0 Å². The molecule has 70 valence electrons. The summed E-state index contributed by atoms with van der Waals surface area (Å²) in [5, 5.41) is 1.65. The zero-order chi connectivity index (χ0) is 9.68. The summed E-state index contributed by atoms with van der Waals surface area (Å²) in [4.78, 5) is 0. The van der Waals surface area contributed by atoms with Crippen LogP contribution in [-0.2, 0) is 0 Å². The quantitative estimate of drug-likeness (QED) is 0.565. The van der Waals surface area contributed by atoms with Crippen LogP contribution in [0.5, 0.6) is 0 Å². The van der Waals surface area contributed by atoms with Gasteiger partial charge in [-0.1, -0.05) is 43.3 Å². The topological polar surface area (TPSA) is 29.3 Å². The fourth-order valence-electron chi connectivity index (χ4n) is 1.27. The minimum absolute atomic E-state index is 0.992. The van der Waals surface area contributed by atoms with Gasteiger partial charge in [0, 0.05) is 7.05 Å². The highest BCUT2D eigenvalue weighted by Gasteiger charge is 2.01. The van der Waals surface area contributed by atoms with Crippen molar-refractivity contribution in [2.75, 3.05) is 7.05 Å². The minimum Gasteiger partial charge on any atom is -0.314 e. The first kappa shape index (κ1) is 9.81. The molecular weight excluding hydrogens is 160 g/mol. The Morgan fingerprint density at radius 1 is 1.38 bits per heavy atom. The van der Waals surface area contributed by atoms with Gasteiger partial charge in [0.15, 0.2) is 0 Å². The maximum absolute atomic E-state index is 5.72. The van der Waals surface area contributed by atoms with Crippen LogP contribution in [-0.4, -0.2) is 12.1 Å². The second-order valence-corrected chi connectivity index (χ2v) is 2.97. The molecule has 2 nitrogen and oxygen atoms in total. The van der Waals surface area contributed by atoms with Gasteiger partial charge in [0.2, 0.25) is 0 Å². The number of nitrogens with two attached hydrogens (primary N) is 1. The fraction of sp³-hybridized carbons (Fsp3) is 0.273. The molecule has 0 radical (unpaired) electrons. The first-order valence-electron chi connectivity index (χ1n) is 4.49. The molecular formula is C11H16N2. The van der Waals surface area contributed by atoms with Crippen molar-refractivity contribution in [2.45, 2.75) is 13.3 Å². The molecule has 0 aliphatic heterocycles. The molecule has 0 aromatic heterocycles. The number of allylic oxidation sites excluding steroid dienone is 1. The highest BCUT2D eigenvalue weighted by Crippen LogP contribution is 2.15. The Morgan fingerprint density at radius 2 is 2.00 bits per heavy atom. The van der Waals surface area contributed by atoms with E-state index in [-0.39, 0.29) is 0 Å². The molecule has 0 saturated carbocycles. The van der Waals surface area contributed by atoms with Crippen LogP contribution in [0.25, 0.3) is 5.70 Å². The highest BCUT2D eigenvalue weighted by atomic mass is 15.4. The molecule has 2 N–H and O–H groups in total. The molecule has 0 heterocycles. The number of nitrogens with zero attached hydrogens (tertiary/aromatic N) is 1. The van der Waals surface area contributed by atoms with Gasteiger partial charge in [0.25, 0.3) is 0 Å². The molecule has 0 spiro atoms. The Hall–Kier alpha value is -1.28. The fourth-order valence-corrected chi connectivity index (χ4v) is 1.27. The monoisotopic (exact) mass is 176 g/mol. The smallest absolute Gasteiger partial charge is 0.0546 e. The predicted octanol–water partition coefficient (Wildman–Crippen LogP) is 2.24. The van der Waals surface area contributed by atoms with Gasteiger partial charge in [-0.3, -0.25) is 0 Å². The summed E-state index contributed by atoms with van der Waals surface area (Å²) in [6.07, 6.45) is 3.11. The normalized spacial score (nSPS) is 11.5. The van der Waals surface area contributed by atoms with Crippen LogP contribution < -0.4 is 5.84 Å². The summed E-state index contributed by atoms with van der Waals surface area (Å²) in [5.41, 5.74) is 2.23. The molecule has 1 aromatic rings. The predicted molar refractivity (Wildman–Crippen MR) is 56.7 cm³/mol. The number of rotatable bonds is 3. The van der Waals surface area contributed by atoms with Crippen LogP contribution in [0.15, 0.2) is 36.4 Å². The summed E-state index contributed by atoms with van der Waals surface area (Å²) in [7, 11) is 1.86. The third kappa shape index (κ3) is 2.60. The average molecular weight is 176 g/mol. The molecule has 1 aromatic carbocycles. The van der Waals surface area contributed by atoms with Crippen LogP contribution in [0.3, 0.4) is 0 Å². The van der Waals surface area contributed by atoms with E-state index in [0.717, 1.165) is 17.7 Å². The van der Waals surface area contributed by atoms with E-state index in [0.29, 0.717) is 0 Å². The zero-order valence-electron chi connectivity index (χ0n) is 8.20. The molecule has 0 fully saturated rings. The molecule has 1 rings (SSSR count). The largest absolute Gasteiger partial charge is 0.314 e. The average Bonchev–Trinajstić information content (AvgIpc) is 2.15. The van der Waals surface area contributed by atoms with Crippen LogP contribution >= 0.6 is 0 Å². The van der Waals surface area contributed by atoms with E-state index < -0.39 is 0 Å². The SMILES string of the molecule is CC/C=C(\c1ccccc1)N(C)N. The standard InChI is InChI=1S/C11H16N2/c1-3-7-11(13(2)12)10-8-5-4-6-9-10/h4-9H,3,12H2,1-2H3/b11-7+. The van der Waals surface area contributed by atoms with E-state index in [1.165, 1.54) is 0 Å². The summed E-state index contributed by atoms with van der Waals surface area (Å²) in [6, 6.07) is 10.2. The van der Waals surface area contributed by atoms with Gasteiger partial charge in [-0.2, -0.15) is 0 Å². The second-order valence-electron chi connectivity index (χ2n) is 2.97. The maximum atomic E-state index is 5.72. The molecule has 0 aliphatic rings. The summed E-state index contributed by atoms with van der Waals surface area (Å²) < 4.78 is 0. The molecule has 13 heavy (non-hydrogen) atoms. The Balaban J connectivity index is 2.96. The van der Waals surface area contributed by atoms with Crippen LogP contribution in [0, 0.1) is 0 Å². The molecule has 0 saturated heterocycles. The number of benzene rings is 1. The maximum Gasteiger partial charge on any atom is 0.0546 e. The van der Waals surface area contributed by atoms with E-state index in [1.54, 1.807) is 5.01 Å². The van der Waals surface area contributed by atoms with E-state index >= 15 is 0 Å². The lowest BCUT2D eigenvalue weighted by molar-refractivity contribution is 0.509. The Kier molecular flexibility index (Phi) is 3.53. The van der Waals surface area contributed by atoms with Gasteiger partial charge in [0.1, 0.15) is 0 Å². The van der Waals surface area contributed by atoms with Crippen molar-refractivity contribution in [2.24, 2.45) is 5.84 Å². The molecule has 0 bridgehead atoms. The van der Waals surface area contributed by atoms with Crippen LogP contribution in [0.1, 0.15) is 18.9 Å². The van der Waals surface area contributed by atoms with E-state index in [1.807, 2.05) is 25.2 Å². The van der Waals surface area contributed by atoms with E-state index in [2.05, 4.69) is 25.1 Å². The van der Waals surface area contributed by atoms with Gasteiger partial charge >= 0.3 is 0 Å². The van der Waals surface area contributed by atoms with Crippen molar-refractivity contribution < 1.29 is 0 Å². The molecule has 0 unspecified atom stereocenters. The lowest BCUT2D eigenvalue weighted by atomic mass is 10.1. The van der Waals surface area contributed by atoms with Gasteiger partial charge in [0.05, 0.1) is 5.70 Å². The van der Waals surface area contributed by atoms with Gasteiger partial charge in [-0.05, 0) is 12.0 Å². The summed E-state index contributed by atoms with van der Waals surface area (Å²) >= 11 is 0. The number of hydrogen-bond acceptors (Lipinski definition) is 2. The second kappa shape index (κ2) is 4.67. The Bertz CT molecular complexity index is 275. The zero-order valence-corrected chi connectivity index (χ0v) is 8.20. The molecule has 0 aliphatic carbocycles. The lowest BCUT2D eigenvalue weighted by Crippen LogP contribution is -2.24. The molecule has 0 amide bonds. The van der Waals surface area contributed by atoms with Crippen molar-refractivity contribution >= 4 is 5.70 Å². The van der Waals surface area contributed by atoms with Crippen molar-refractivity contribution in [3.63, 3.8) is 0 Å². The first-order chi connectivity index (χ1) is 6.25. The van der Waals surface area contributed by atoms with Crippen molar-refractivity contribution in [1.29, 1.82) is 0 Å². The summed E-state index contributed by atoms with van der Waals surface area (Å²) in [5.74, 6) is 5.72. The highest BCUT2D eigenvalue weighted by molar-refractivity contribution is 5.63. The van der Waals surface area contributed by atoms with Crippen molar-refractivity contribution in [3.05, 3.63) is 42.0 Å². The first-order valence-corrected chi connectivity index (χ1v) is 4.49. The summed E-state index contributed by atoms with van der Waals surface area (Å²) in [6.45, 7) is 2.10. The Morgan fingerprint density at radius 3 is 2.46 bits per heavy atom. The van der Waals surface area contributed by atoms with Gasteiger partial charge in [-0.15, -0.1) is 0 Å². The van der Waals surface area contributed by atoms with Gasteiger partial charge in [-0.25, -0.2) is 5.84 Å². The van der Waals surface area contributed by atoms with Gasteiger partial charge < -0.3 is 5.01 Å². The Labute approximate surface area is 79.6 Å².